The summed E-state index contributed by atoms with van der Waals surface area (Å²) in [6.45, 7) is 6.14. The van der Waals surface area contributed by atoms with E-state index in [4.69, 9.17) is 14.0 Å². The van der Waals surface area contributed by atoms with E-state index in [1.54, 1.807) is 35.6 Å². The van der Waals surface area contributed by atoms with E-state index in [9.17, 15) is 4.79 Å². The smallest absolute Gasteiger partial charge is 0.338 e. The van der Waals surface area contributed by atoms with Gasteiger partial charge in [-0.25, -0.2) is 9.78 Å². The molecule has 0 aliphatic carbocycles. The summed E-state index contributed by atoms with van der Waals surface area (Å²) >= 11 is 1.57. The molecule has 8 heteroatoms. The number of carbonyl (C=O) groups excluding carboxylic acids is 1. The van der Waals surface area contributed by atoms with Crippen LogP contribution in [0.2, 0.25) is 0 Å². The van der Waals surface area contributed by atoms with Crippen LogP contribution in [0.3, 0.4) is 0 Å². The first-order valence-electron chi connectivity index (χ1n) is 8.14. The molecule has 1 aromatic carbocycles. The maximum Gasteiger partial charge on any atom is 0.338 e. The van der Waals surface area contributed by atoms with E-state index in [1.165, 1.54) is 0 Å². The van der Waals surface area contributed by atoms with Crippen molar-refractivity contribution < 1.29 is 18.8 Å². The zero-order chi connectivity index (χ0) is 18.5. The highest BCUT2D eigenvalue weighted by atomic mass is 32.1. The van der Waals surface area contributed by atoms with E-state index >= 15 is 0 Å². The Hall–Kier alpha value is -2.74. The normalized spacial score (nSPS) is 10.9. The van der Waals surface area contributed by atoms with Crippen LogP contribution in [-0.4, -0.2) is 21.1 Å². The van der Waals surface area contributed by atoms with Crippen molar-refractivity contribution in [2.75, 3.05) is 0 Å². The molecule has 0 unspecified atom stereocenters. The number of esters is 1. The fourth-order valence-electron chi connectivity index (χ4n) is 2.12. The number of hydrogen-bond donors (Lipinski definition) is 0. The van der Waals surface area contributed by atoms with Crippen LogP contribution in [0.25, 0.3) is 0 Å². The zero-order valence-electron chi connectivity index (χ0n) is 14.8. The number of aromatic nitrogens is 3. The Kier molecular flexibility index (Phi) is 5.62. The number of hydrogen-bond acceptors (Lipinski definition) is 8. The lowest BCUT2D eigenvalue weighted by Crippen LogP contribution is -2.06. The van der Waals surface area contributed by atoms with E-state index in [2.05, 4.69) is 15.1 Å². The Morgan fingerprint density at radius 1 is 1.27 bits per heavy atom. The molecule has 0 fully saturated rings. The third-order valence-corrected chi connectivity index (χ3v) is 4.27. The zero-order valence-corrected chi connectivity index (χ0v) is 15.6. The Balaban J connectivity index is 1.56. The fourth-order valence-corrected chi connectivity index (χ4v) is 2.71. The van der Waals surface area contributed by atoms with Gasteiger partial charge in [0.25, 0.3) is 5.89 Å². The summed E-state index contributed by atoms with van der Waals surface area (Å²) in [7, 11) is 0. The Morgan fingerprint density at radius 3 is 2.81 bits per heavy atom. The summed E-state index contributed by atoms with van der Waals surface area (Å²) in [5, 5.41) is 6.77. The van der Waals surface area contributed by atoms with Gasteiger partial charge < -0.3 is 14.0 Å². The standard InChI is InChI=1S/C18H19N3O4S/c1-11(2)17-20-16(25-21-17)9-24-18(22)13-5-4-6-15(7-13)23-8-14-10-26-12(3)19-14/h4-7,10-11H,8-9H2,1-3H3. The van der Waals surface area contributed by atoms with Crippen molar-refractivity contribution in [1.82, 2.24) is 15.1 Å². The first-order chi connectivity index (χ1) is 12.5. The first kappa shape index (κ1) is 18.1. The highest BCUT2D eigenvalue weighted by Crippen LogP contribution is 2.17. The molecule has 0 spiro atoms. The first-order valence-corrected chi connectivity index (χ1v) is 9.02. The summed E-state index contributed by atoms with van der Waals surface area (Å²) in [6, 6.07) is 6.81. The van der Waals surface area contributed by atoms with Crippen LogP contribution in [0, 0.1) is 6.92 Å². The minimum atomic E-state index is -0.482. The van der Waals surface area contributed by atoms with Crippen LogP contribution in [0.15, 0.2) is 34.2 Å². The van der Waals surface area contributed by atoms with Gasteiger partial charge in [0.1, 0.15) is 12.4 Å². The van der Waals surface area contributed by atoms with Crippen molar-refractivity contribution in [2.45, 2.75) is 39.9 Å². The third-order valence-electron chi connectivity index (χ3n) is 3.45. The summed E-state index contributed by atoms with van der Waals surface area (Å²) in [5.74, 6) is 1.10. The van der Waals surface area contributed by atoms with E-state index in [1.807, 2.05) is 26.2 Å². The number of nitrogens with zero attached hydrogens (tertiary/aromatic N) is 3. The van der Waals surface area contributed by atoms with Gasteiger partial charge in [-0.05, 0) is 25.1 Å². The predicted octanol–water partition coefficient (Wildman–Crippen LogP) is 3.89. The maximum absolute atomic E-state index is 12.2. The average molecular weight is 373 g/mol. The molecule has 3 aromatic rings. The topological polar surface area (TPSA) is 87.3 Å². The monoisotopic (exact) mass is 373 g/mol. The van der Waals surface area contributed by atoms with Gasteiger partial charge in [-0.3, -0.25) is 0 Å². The van der Waals surface area contributed by atoms with Gasteiger partial charge >= 0.3 is 5.97 Å². The van der Waals surface area contributed by atoms with Gasteiger partial charge in [0.05, 0.1) is 16.3 Å². The van der Waals surface area contributed by atoms with Crippen LogP contribution in [-0.2, 0) is 18.0 Å². The van der Waals surface area contributed by atoms with Crippen molar-refractivity contribution in [3.8, 4) is 5.75 Å². The van der Waals surface area contributed by atoms with Crippen LogP contribution < -0.4 is 4.74 Å². The summed E-state index contributed by atoms with van der Waals surface area (Å²) in [4.78, 5) is 20.7. The van der Waals surface area contributed by atoms with Gasteiger partial charge in [0, 0.05) is 11.3 Å². The Labute approximate surface area is 155 Å². The summed E-state index contributed by atoms with van der Waals surface area (Å²) in [5.41, 5.74) is 1.25. The number of carbonyl (C=O) groups is 1. The lowest BCUT2D eigenvalue weighted by molar-refractivity contribution is 0.0429. The lowest BCUT2D eigenvalue weighted by Gasteiger charge is -2.06. The Morgan fingerprint density at radius 2 is 2.12 bits per heavy atom. The van der Waals surface area contributed by atoms with Crippen molar-refractivity contribution in [2.24, 2.45) is 0 Å². The molecule has 136 valence electrons. The van der Waals surface area contributed by atoms with Gasteiger partial charge in [-0.1, -0.05) is 25.1 Å². The van der Waals surface area contributed by atoms with E-state index in [0.29, 0.717) is 23.7 Å². The molecule has 0 bridgehead atoms. The second-order valence-corrected chi connectivity index (χ2v) is 7.01. The molecule has 0 saturated carbocycles. The van der Waals surface area contributed by atoms with Gasteiger partial charge in [-0.2, -0.15) is 4.98 Å². The molecule has 2 aromatic heterocycles. The molecule has 0 atom stereocenters. The molecule has 2 heterocycles. The Bertz CT molecular complexity index is 888. The van der Waals surface area contributed by atoms with E-state index < -0.39 is 5.97 Å². The number of rotatable bonds is 7. The average Bonchev–Trinajstić information content (AvgIpc) is 3.27. The summed E-state index contributed by atoms with van der Waals surface area (Å²) in [6.07, 6.45) is 0. The lowest BCUT2D eigenvalue weighted by atomic mass is 10.2. The third kappa shape index (κ3) is 4.66. The van der Waals surface area contributed by atoms with E-state index in [-0.39, 0.29) is 18.4 Å². The number of thiazole rings is 1. The van der Waals surface area contributed by atoms with Crippen molar-refractivity contribution in [3.63, 3.8) is 0 Å². The fraction of sp³-hybridized carbons (Fsp3) is 0.333. The second kappa shape index (κ2) is 8.09. The van der Waals surface area contributed by atoms with Crippen LogP contribution in [0.1, 0.15) is 52.5 Å². The molecule has 26 heavy (non-hydrogen) atoms. The number of ether oxygens (including phenoxy) is 2. The number of benzene rings is 1. The van der Waals surface area contributed by atoms with Crippen LogP contribution >= 0.6 is 11.3 Å². The van der Waals surface area contributed by atoms with Crippen LogP contribution in [0.5, 0.6) is 5.75 Å². The van der Waals surface area contributed by atoms with E-state index in [0.717, 1.165) is 10.7 Å². The molecule has 3 rings (SSSR count). The molecular weight excluding hydrogens is 354 g/mol. The van der Waals surface area contributed by atoms with Gasteiger partial charge in [0.2, 0.25) is 0 Å². The largest absolute Gasteiger partial charge is 0.487 e. The minimum absolute atomic E-state index is 0.0677. The highest BCUT2D eigenvalue weighted by Gasteiger charge is 2.13. The van der Waals surface area contributed by atoms with Gasteiger partial charge in [0.15, 0.2) is 12.4 Å². The van der Waals surface area contributed by atoms with Crippen molar-refractivity contribution in [3.05, 3.63) is 57.6 Å². The molecule has 0 aliphatic heterocycles. The second-order valence-electron chi connectivity index (χ2n) is 5.95. The summed E-state index contributed by atoms with van der Waals surface area (Å²) < 4.78 is 16.0. The molecule has 0 saturated heterocycles. The molecule has 0 aliphatic rings. The minimum Gasteiger partial charge on any atom is -0.487 e. The molecule has 0 radical (unpaired) electrons. The highest BCUT2D eigenvalue weighted by molar-refractivity contribution is 7.09. The molecule has 0 N–H and O–H groups in total. The number of aryl methyl sites for hydroxylation is 1. The molecule has 7 nitrogen and oxygen atoms in total. The predicted molar refractivity (Wildman–Crippen MR) is 95.1 cm³/mol. The quantitative estimate of drug-likeness (QED) is 0.581. The van der Waals surface area contributed by atoms with Crippen molar-refractivity contribution in [1.29, 1.82) is 0 Å². The van der Waals surface area contributed by atoms with Crippen molar-refractivity contribution >= 4 is 17.3 Å². The SMILES string of the molecule is Cc1nc(COc2cccc(C(=O)OCc3nc(C(C)C)no3)c2)cs1. The molecule has 0 amide bonds. The van der Waals surface area contributed by atoms with Gasteiger partial charge in [-0.15, -0.1) is 11.3 Å². The van der Waals surface area contributed by atoms with Crippen LogP contribution in [0.4, 0.5) is 0 Å². The molecular formula is C18H19N3O4S. The maximum atomic E-state index is 12.2.